The number of carboxylic acids is 1. The Morgan fingerprint density at radius 3 is 2.42 bits per heavy atom. The second-order valence-electron chi connectivity index (χ2n) is 5.32. The van der Waals surface area contributed by atoms with Crippen LogP contribution in [0.2, 0.25) is 0 Å². The first-order valence-corrected chi connectivity index (χ1v) is 6.70. The van der Waals surface area contributed by atoms with Gasteiger partial charge in [0, 0.05) is 11.8 Å². The average Bonchev–Trinajstić information content (AvgIpc) is 2.92. The molecule has 6 heteroatoms. The van der Waals surface area contributed by atoms with E-state index in [-0.39, 0.29) is 41.8 Å². The molecule has 0 saturated heterocycles. The Kier molecular flexibility index (Phi) is 7.81. The predicted molar refractivity (Wildman–Crippen MR) is 67.7 cm³/mol. The molecule has 1 N–H and O–H groups in total. The molecule has 4 nitrogen and oxygen atoms in total. The van der Waals surface area contributed by atoms with Crippen molar-refractivity contribution < 1.29 is 33.6 Å². The van der Waals surface area contributed by atoms with E-state index in [1.54, 1.807) is 0 Å². The summed E-state index contributed by atoms with van der Waals surface area (Å²) in [6, 6.07) is 0. The fraction of sp³-hybridized carbons (Fsp3) is 0.692. The number of alkyl halides is 1. The van der Waals surface area contributed by atoms with Crippen LogP contribution >= 0.6 is 11.6 Å². The molecular weight excluding hydrogens is 261 g/mol. The van der Waals surface area contributed by atoms with E-state index >= 15 is 0 Å². The summed E-state index contributed by atoms with van der Waals surface area (Å²) in [7, 11) is 0. The number of allylic oxidation sites excluding steroid dienone is 1. The first-order chi connectivity index (χ1) is 8.38. The van der Waals surface area contributed by atoms with Crippen LogP contribution in [0.4, 0.5) is 0 Å². The van der Waals surface area contributed by atoms with E-state index in [0.717, 1.165) is 19.3 Å². The molecule has 0 aromatic rings. The Morgan fingerprint density at radius 2 is 2.00 bits per heavy atom. The number of halogens is 1. The largest absolute Gasteiger partial charge is 1.00 e. The quantitative estimate of drug-likeness (QED) is 0.259. The van der Waals surface area contributed by atoms with Gasteiger partial charge in [0.15, 0.2) is 0 Å². The molecule has 1 atom stereocenters. The van der Waals surface area contributed by atoms with Crippen LogP contribution in [0.3, 0.4) is 0 Å². The van der Waals surface area contributed by atoms with Crippen molar-refractivity contribution in [2.75, 3.05) is 5.88 Å². The van der Waals surface area contributed by atoms with E-state index in [1.807, 2.05) is 13.8 Å². The monoisotopic (exact) mass is 279 g/mol. The van der Waals surface area contributed by atoms with Crippen molar-refractivity contribution in [2.45, 2.75) is 39.5 Å². The standard InChI is InChI=1S/C13H20ClNO3.Li/c1-13(2)8-9(13)11(16)15-10(12(17)18)6-4-3-5-7-14;/h6,9H,3-5,7-8H2,1-2H3,(H,15,16)(H,17,18);/q;+1/p-1/b10-6-;/t9-;/m1./s1. The maximum atomic E-state index is 11.8. The van der Waals surface area contributed by atoms with Gasteiger partial charge in [0.25, 0.3) is 0 Å². The zero-order valence-corrected chi connectivity index (χ0v) is 12.5. The molecule has 0 bridgehead atoms. The Bertz CT molecular complexity index is 369. The summed E-state index contributed by atoms with van der Waals surface area (Å²) in [6.45, 7) is 3.97. The first kappa shape index (κ1) is 18.6. The van der Waals surface area contributed by atoms with E-state index < -0.39 is 5.97 Å². The smallest absolute Gasteiger partial charge is 0.543 e. The zero-order valence-electron chi connectivity index (χ0n) is 11.8. The van der Waals surface area contributed by atoms with Crippen LogP contribution in [0.1, 0.15) is 39.5 Å². The van der Waals surface area contributed by atoms with Gasteiger partial charge >= 0.3 is 18.9 Å². The summed E-state index contributed by atoms with van der Waals surface area (Å²) in [6.07, 6.45) is 4.48. The molecule has 1 aliphatic carbocycles. The first-order valence-electron chi connectivity index (χ1n) is 6.17. The minimum absolute atomic E-state index is 0. The maximum Gasteiger partial charge on any atom is 1.00 e. The molecule has 0 heterocycles. The van der Waals surface area contributed by atoms with Crippen LogP contribution in [-0.4, -0.2) is 17.8 Å². The number of nitrogens with one attached hydrogen (secondary N) is 1. The molecule has 0 aromatic carbocycles. The number of carboxylic acid groups (broad SMARTS) is 1. The molecular formula is C13H19ClLiNO3. The molecule has 102 valence electrons. The van der Waals surface area contributed by atoms with E-state index in [2.05, 4.69) is 5.32 Å². The van der Waals surface area contributed by atoms with Gasteiger partial charge in [0.2, 0.25) is 5.91 Å². The van der Waals surface area contributed by atoms with E-state index in [1.165, 1.54) is 6.08 Å². The third-order valence-electron chi connectivity index (χ3n) is 3.24. The molecule has 0 radical (unpaired) electrons. The van der Waals surface area contributed by atoms with Gasteiger partial charge in [-0.3, -0.25) is 4.79 Å². The second-order valence-corrected chi connectivity index (χ2v) is 5.70. The van der Waals surface area contributed by atoms with Gasteiger partial charge in [-0.25, -0.2) is 0 Å². The summed E-state index contributed by atoms with van der Waals surface area (Å²) in [5, 5.41) is 13.3. The van der Waals surface area contributed by atoms with Crippen molar-refractivity contribution >= 4 is 23.5 Å². The van der Waals surface area contributed by atoms with Gasteiger partial charge in [-0.05, 0) is 31.1 Å². The Balaban J connectivity index is 0.00000324. The molecule has 0 spiro atoms. The Hall–Kier alpha value is -0.433. The van der Waals surface area contributed by atoms with Crippen LogP contribution in [0, 0.1) is 11.3 Å². The third-order valence-corrected chi connectivity index (χ3v) is 3.51. The van der Waals surface area contributed by atoms with Crippen molar-refractivity contribution in [1.82, 2.24) is 5.32 Å². The number of unbranched alkanes of at least 4 members (excludes halogenated alkanes) is 2. The van der Waals surface area contributed by atoms with Crippen LogP contribution in [0.15, 0.2) is 11.8 Å². The summed E-state index contributed by atoms with van der Waals surface area (Å²) < 4.78 is 0. The van der Waals surface area contributed by atoms with E-state index in [9.17, 15) is 14.7 Å². The minimum atomic E-state index is -1.34. The van der Waals surface area contributed by atoms with Crippen molar-refractivity contribution in [3.8, 4) is 0 Å². The van der Waals surface area contributed by atoms with Crippen LogP contribution in [0.25, 0.3) is 0 Å². The summed E-state index contributed by atoms with van der Waals surface area (Å²) in [4.78, 5) is 22.6. The summed E-state index contributed by atoms with van der Waals surface area (Å²) >= 11 is 5.53. The van der Waals surface area contributed by atoms with Gasteiger partial charge in [-0.15, -0.1) is 11.6 Å². The van der Waals surface area contributed by atoms with Crippen LogP contribution < -0.4 is 29.3 Å². The van der Waals surface area contributed by atoms with E-state index in [4.69, 9.17) is 11.6 Å². The minimum Gasteiger partial charge on any atom is -0.543 e. The number of aliphatic carboxylic acids is 1. The molecule has 0 unspecified atom stereocenters. The second kappa shape index (κ2) is 7.99. The van der Waals surface area contributed by atoms with E-state index in [0.29, 0.717) is 12.3 Å². The third kappa shape index (κ3) is 6.03. The van der Waals surface area contributed by atoms with Gasteiger partial charge in [-0.1, -0.05) is 19.9 Å². The number of hydrogen-bond acceptors (Lipinski definition) is 3. The van der Waals surface area contributed by atoms with Crippen molar-refractivity contribution in [1.29, 1.82) is 0 Å². The zero-order chi connectivity index (χ0) is 13.8. The van der Waals surface area contributed by atoms with Crippen molar-refractivity contribution in [2.24, 2.45) is 11.3 Å². The normalized spacial score (nSPS) is 20.4. The fourth-order valence-corrected chi connectivity index (χ4v) is 1.99. The molecule has 1 saturated carbocycles. The van der Waals surface area contributed by atoms with Crippen LogP contribution in [0.5, 0.6) is 0 Å². The number of carbonyl (C=O) groups is 2. The summed E-state index contributed by atoms with van der Waals surface area (Å²) in [5.74, 6) is -1.11. The SMILES string of the molecule is CC1(C)C[C@@H]1C(=O)N/C(=C\CCCCCl)C(=O)[O-].[Li+]. The number of rotatable bonds is 7. The molecule has 1 aliphatic rings. The summed E-state index contributed by atoms with van der Waals surface area (Å²) in [5.41, 5.74) is -0.142. The molecule has 0 aliphatic heterocycles. The average molecular weight is 280 g/mol. The topological polar surface area (TPSA) is 69.2 Å². The van der Waals surface area contributed by atoms with Crippen LogP contribution in [-0.2, 0) is 9.59 Å². The van der Waals surface area contributed by atoms with Gasteiger partial charge in [0.05, 0.1) is 11.7 Å². The maximum absolute atomic E-state index is 11.8. The predicted octanol–water partition coefficient (Wildman–Crippen LogP) is -1.80. The molecule has 1 rings (SSSR count). The van der Waals surface area contributed by atoms with Gasteiger partial charge < -0.3 is 15.2 Å². The van der Waals surface area contributed by atoms with Crippen molar-refractivity contribution in [3.63, 3.8) is 0 Å². The number of carbonyl (C=O) groups excluding carboxylic acids is 2. The Morgan fingerprint density at radius 1 is 1.42 bits per heavy atom. The van der Waals surface area contributed by atoms with Gasteiger partial charge in [-0.2, -0.15) is 0 Å². The fourth-order valence-electron chi connectivity index (χ4n) is 1.81. The molecule has 1 amide bonds. The van der Waals surface area contributed by atoms with Crippen molar-refractivity contribution in [3.05, 3.63) is 11.8 Å². The molecule has 19 heavy (non-hydrogen) atoms. The molecule has 1 fully saturated rings. The number of amides is 1. The van der Waals surface area contributed by atoms with Gasteiger partial charge in [0.1, 0.15) is 0 Å². The number of hydrogen-bond donors (Lipinski definition) is 1. The Labute approximate surface area is 131 Å². The molecule has 0 aromatic heterocycles.